The van der Waals surface area contributed by atoms with Gasteiger partial charge in [0.2, 0.25) is 5.91 Å². The number of amides is 1. The van der Waals surface area contributed by atoms with Crippen molar-refractivity contribution in [3.63, 3.8) is 0 Å². The van der Waals surface area contributed by atoms with E-state index >= 15 is 0 Å². The summed E-state index contributed by atoms with van der Waals surface area (Å²) >= 11 is 0. The summed E-state index contributed by atoms with van der Waals surface area (Å²) in [5.74, 6) is 2.40. The number of hydrogen-bond donors (Lipinski definition) is 1. The van der Waals surface area contributed by atoms with E-state index in [2.05, 4.69) is 16.4 Å². The van der Waals surface area contributed by atoms with Gasteiger partial charge >= 0.3 is 0 Å². The molecule has 3 aromatic carbocycles. The van der Waals surface area contributed by atoms with Gasteiger partial charge in [0.05, 0.1) is 17.8 Å². The van der Waals surface area contributed by atoms with Gasteiger partial charge < -0.3 is 14.5 Å². The molecule has 0 unspecified atom stereocenters. The molecule has 0 radical (unpaired) electrons. The number of anilines is 1. The summed E-state index contributed by atoms with van der Waals surface area (Å²) in [7, 11) is 0. The van der Waals surface area contributed by atoms with Crippen LogP contribution in [0.3, 0.4) is 0 Å². The third-order valence-electron chi connectivity index (χ3n) is 5.15. The normalized spacial score (nSPS) is 10.5. The highest BCUT2D eigenvalue weighted by atomic mass is 16.5. The van der Waals surface area contributed by atoms with Crippen LogP contribution in [0.2, 0.25) is 0 Å². The van der Waals surface area contributed by atoms with Gasteiger partial charge in [0.1, 0.15) is 11.5 Å². The van der Waals surface area contributed by atoms with E-state index in [4.69, 9.17) is 14.4 Å². The SMILES string of the molecule is Cc1ccc(-c2cnc(CCC(=O)Nc3ccc(Oc4ccc(C#N)cc4)cc3C)o2)cc1. The number of ether oxygens (including phenoxy) is 1. The zero-order valence-electron chi connectivity index (χ0n) is 18.5. The van der Waals surface area contributed by atoms with E-state index in [-0.39, 0.29) is 12.3 Å². The molecule has 0 aliphatic carbocycles. The summed E-state index contributed by atoms with van der Waals surface area (Å²) in [6, 6.07) is 22.5. The summed E-state index contributed by atoms with van der Waals surface area (Å²) in [5.41, 5.74) is 4.32. The van der Waals surface area contributed by atoms with Crippen LogP contribution in [0.4, 0.5) is 5.69 Å². The molecule has 0 spiro atoms. The number of aromatic nitrogens is 1. The van der Waals surface area contributed by atoms with Crippen LogP contribution in [0.25, 0.3) is 11.3 Å². The fraction of sp³-hybridized carbons (Fsp3) is 0.148. The molecule has 1 aromatic heterocycles. The maximum absolute atomic E-state index is 12.5. The zero-order valence-corrected chi connectivity index (χ0v) is 18.5. The van der Waals surface area contributed by atoms with E-state index < -0.39 is 0 Å². The van der Waals surface area contributed by atoms with Crippen molar-refractivity contribution < 1.29 is 13.9 Å². The third-order valence-corrected chi connectivity index (χ3v) is 5.15. The van der Waals surface area contributed by atoms with Crippen LogP contribution in [-0.4, -0.2) is 10.9 Å². The predicted molar refractivity (Wildman–Crippen MR) is 126 cm³/mol. The van der Waals surface area contributed by atoms with Gasteiger partial charge in [-0.25, -0.2) is 4.98 Å². The number of carbonyl (C=O) groups excluding carboxylic acids is 1. The fourth-order valence-corrected chi connectivity index (χ4v) is 3.28. The molecular weight excluding hydrogens is 414 g/mol. The van der Waals surface area contributed by atoms with Crippen molar-refractivity contribution in [1.82, 2.24) is 4.98 Å². The monoisotopic (exact) mass is 437 g/mol. The van der Waals surface area contributed by atoms with Crippen molar-refractivity contribution in [2.45, 2.75) is 26.7 Å². The van der Waals surface area contributed by atoms with Crippen molar-refractivity contribution in [3.8, 4) is 28.9 Å². The Hall–Kier alpha value is -4.37. The van der Waals surface area contributed by atoms with Gasteiger partial charge in [-0.05, 0) is 61.9 Å². The van der Waals surface area contributed by atoms with E-state index in [9.17, 15) is 4.79 Å². The Balaban J connectivity index is 1.32. The van der Waals surface area contributed by atoms with Crippen LogP contribution in [-0.2, 0) is 11.2 Å². The lowest BCUT2D eigenvalue weighted by molar-refractivity contribution is -0.116. The third kappa shape index (κ3) is 5.66. The Morgan fingerprint density at radius 3 is 2.45 bits per heavy atom. The lowest BCUT2D eigenvalue weighted by Gasteiger charge is -2.11. The number of aryl methyl sites for hydroxylation is 3. The average molecular weight is 437 g/mol. The maximum atomic E-state index is 12.5. The minimum absolute atomic E-state index is 0.117. The standard InChI is InChI=1S/C27H23N3O3/c1-18-3-7-21(8-4-18)25-17-29-27(33-25)14-13-26(31)30-24-12-11-23(15-19(24)2)32-22-9-5-20(16-28)6-10-22/h3-12,15,17H,13-14H2,1-2H3,(H,30,31). The number of rotatable bonds is 7. The second-order valence-electron chi connectivity index (χ2n) is 7.75. The van der Waals surface area contributed by atoms with E-state index in [0.29, 0.717) is 35.1 Å². The van der Waals surface area contributed by atoms with Gasteiger partial charge in [-0.1, -0.05) is 29.8 Å². The van der Waals surface area contributed by atoms with Crippen LogP contribution in [0.5, 0.6) is 11.5 Å². The molecule has 6 heteroatoms. The molecule has 33 heavy (non-hydrogen) atoms. The Kier molecular flexibility index (Phi) is 6.51. The second kappa shape index (κ2) is 9.84. The first-order valence-corrected chi connectivity index (χ1v) is 10.6. The molecule has 0 bridgehead atoms. The van der Waals surface area contributed by atoms with Crippen molar-refractivity contribution in [2.75, 3.05) is 5.32 Å². The highest BCUT2D eigenvalue weighted by Gasteiger charge is 2.11. The minimum atomic E-state index is -0.117. The molecule has 4 aromatic rings. The molecule has 0 saturated heterocycles. The Bertz CT molecular complexity index is 1300. The van der Waals surface area contributed by atoms with Gasteiger partial charge in [-0.15, -0.1) is 0 Å². The van der Waals surface area contributed by atoms with Gasteiger partial charge in [0, 0.05) is 24.1 Å². The number of nitriles is 1. The number of benzene rings is 3. The number of nitrogens with zero attached hydrogens (tertiary/aromatic N) is 2. The highest BCUT2D eigenvalue weighted by Crippen LogP contribution is 2.27. The van der Waals surface area contributed by atoms with Crippen molar-refractivity contribution in [2.24, 2.45) is 0 Å². The van der Waals surface area contributed by atoms with Gasteiger partial charge in [0.15, 0.2) is 11.7 Å². The fourth-order valence-electron chi connectivity index (χ4n) is 3.28. The van der Waals surface area contributed by atoms with E-state index in [1.165, 1.54) is 5.56 Å². The molecule has 0 aliphatic rings. The van der Waals surface area contributed by atoms with Crippen LogP contribution in [0, 0.1) is 25.2 Å². The second-order valence-corrected chi connectivity index (χ2v) is 7.75. The first-order valence-electron chi connectivity index (χ1n) is 10.6. The summed E-state index contributed by atoms with van der Waals surface area (Å²) in [6.07, 6.45) is 2.36. The predicted octanol–water partition coefficient (Wildman–Crippen LogP) is 6.19. The van der Waals surface area contributed by atoms with Crippen LogP contribution < -0.4 is 10.1 Å². The Morgan fingerprint density at radius 2 is 1.76 bits per heavy atom. The van der Waals surface area contributed by atoms with E-state index in [1.54, 1.807) is 36.5 Å². The summed E-state index contributed by atoms with van der Waals surface area (Å²) in [6.45, 7) is 3.94. The summed E-state index contributed by atoms with van der Waals surface area (Å²) < 4.78 is 11.6. The number of oxazole rings is 1. The van der Waals surface area contributed by atoms with Crippen molar-refractivity contribution in [3.05, 3.63) is 95.5 Å². The van der Waals surface area contributed by atoms with Crippen LogP contribution >= 0.6 is 0 Å². The first kappa shape index (κ1) is 21.8. The van der Waals surface area contributed by atoms with Crippen LogP contribution in [0.15, 0.2) is 77.3 Å². The molecule has 0 fully saturated rings. The van der Waals surface area contributed by atoms with E-state index in [1.807, 2.05) is 50.2 Å². The highest BCUT2D eigenvalue weighted by molar-refractivity contribution is 5.91. The first-order chi connectivity index (χ1) is 16.0. The summed E-state index contributed by atoms with van der Waals surface area (Å²) in [5, 5.41) is 11.8. The molecule has 1 amide bonds. The number of nitrogens with one attached hydrogen (secondary N) is 1. The number of hydrogen-bond acceptors (Lipinski definition) is 5. The smallest absolute Gasteiger partial charge is 0.224 e. The molecule has 1 N–H and O–H groups in total. The molecule has 0 atom stereocenters. The largest absolute Gasteiger partial charge is 0.457 e. The minimum Gasteiger partial charge on any atom is -0.457 e. The molecule has 0 aliphatic heterocycles. The van der Waals surface area contributed by atoms with Gasteiger partial charge in [0.25, 0.3) is 0 Å². The summed E-state index contributed by atoms with van der Waals surface area (Å²) in [4.78, 5) is 16.7. The zero-order chi connectivity index (χ0) is 23.2. The van der Waals surface area contributed by atoms with Crippen molar-refractivity contribution in [1.29, 1.82) is 5.26 Å². The van der Waals surface area contributed by atoms with Crippen molar-refractivity contribution >= 4 is 11.6 Å². The molecule has 164 valence electrons. The topological polar surface area (TPSA) is 88.1 Å². The van der Waals surface area contributed by atoms with Gasteiger partial charge in [-0.3, -0.25) is 4.79 Å². The Morgan fingerprint density at radius 1 is 1.03 bits per heavy atom. The molecule has 1 heterocycles. The number of carbonyl (C=O) groups is 1. The van der Waals surface area contributed by atoms with Crippen LogP contribution in [0.1, 0.15) is 29.0 Å². The lowest BCUT2D eigenvalue weighted by atomic mass is 10.1. The maximum Gasteiger partial charge on any atom is 0.224 e. The molecule has 4 rings (SSSR count). The average Bonchev–Trinajstić information content (AvgIpc) is 3.30. The van der Waals surface area contributed by atoms with E-state index in [0.717, 1.165) is 16.8 Å². The van der Waals surface area contributed by atoms with Gasteiger partial charge in [-0.2, -0.15) is 5.26 Å². The molecular formula is C27H23N3O3. The molecule has 0 saturated carbocycles. The quantitative estimate of drug-likeness (QED) is 0.372. The molecule has 6 nitrogen and oxygen atoms in total. The lowest BCUT2D eigenvalue weighted by Crippen LogP contribution is -2.13. The Labute approximate surface area is 192 Å².